The van der Waals surface area contributed by atoms with Crippen molar-refractivity contribution < 1.29 is 14.7 Å². The number of amides is 1. The molecule has 1 aromatic carbocycles. The van der Waals surface area contributed by atoms with E-state index in [1.165, 1.54) is 13.0 Å². The summed E-state index contributed by atoms with van der Waals surface area (Å²) in [4.78, 5) is 21.4. The predicted molar refractivity (Wildman–Crippen MR) is 58.3 cm³/mol. The molecule has 0 spiro atoms. The van der Waals surface area contributed by atoms with Crippen LogP contribution in [-0.4, -0.2) is 11.9 Å². The van der Waals surface area contributed by atoms with Crippen LogP contribution in [0.25, 0.3) is 6.08 Å². The van der Waals surface area contributed by atoms with E-state index >= 15 is 0 Å². The van der Waals surface area contributed by atoms with Gasteiger partial charge in [0.15, 0.2) is 0 Å². The summed E-state index contributed by atoms with van der Waals surface area (Å²) in [7, 11) is 0. The fraction of sp³-hybridized carbons (Fsp3) is 0.0909. The standard InChI is InChI=1S/C11H10ClNO3/c1-7(14)13-10(11(15)16)6-8-2-4-9(12)5-3-8/h2-6H,1H3,(H,13,14)(H,15,16)/p-1/b10-6-. The van der Waals surface area contributed by atoms with Gasteiger partial charge in [-0.15, -0.1) is 0 Å². The summed E-state index contributed by atoms with van der Waals surface area (Å²) >= 11 is 5.68. The van der Waals surface area contributed by atoms with Crippen molar-refractivity contribution >= 4 is 29.6 Å². The van der Waals surface area contributed by atoms with Crippen LogP contribution in [0.2, 0.25) is 5.02 Å². The van der Waals surface area contributed by atoms with Crippen LogP contribution in [-0.2, 0) is 9.59 Å². The van der Waals surface area contributed by atoms with Crippen molar-refractivity contribution in [2.75, 3.05) is 0 Å². The third kappa shape index (κ3) is 3.74. The molecule has 0 aliphatic carbocycles. The highest BCUT2D eigenvalue weighted by Gasteiger charge is 2.01. The number of carboxylic acids is 1. The zero-order valence-electron chi connectivity index (χ0n) is 8.49. The second-order valence-electron chi connectivity index (χ2n) is 3.08. The van der Waals surface area contributed by atoms with E-state index in [1.54, 1.807) is 24.3 Å². The fourth-order valence-corrected chi connectivity index (χ4v) is 1.19. The van der Waals surface area contributed by atoms with Crippen molar-refractivity contribution in [3.05, 3.63) is 40.5 Å². The number of benzene rings is 1. The SMILES string of the molecule is CC(=O)N/C(=C\c1ccc(Cl)cc1)C(=O)[O-]. The Balaban J connectivity index is 2.97. The minimum atomic E-state index is -1.44. The van der Waals surface area contributed by atoms with Crippen molar-refractivity contribution in [1.82, 2.24) is 5.32 Å². The summed E-state index contributed by atoms with van der Waals surface area (Å²) in [5.41, 5.74) is 0.326. The number of carboxylic acid groups (broad SMARTS) is 1. The van der Waals surface area contributed by atoms with E-state index in [-0.39, 0.29) is 5.70 Å². The van der Waals surface area contributed by atoms with Crippen molar-refractivity contribution in [2.45, 2.75) is 6.92 Å². The first-order valence-corrected chi connectivity index (χ1v) is 4.83. The molecule has 16 heavy (non-hydrogen) atoms. The van der Waals surface area contributed by atoms with Gasteiger partial charge in [-0.1, -0.05) is 23.7 Å². The molecular weight excluding hydrogens is 230 g/mol. The first-order valence-electron chi connectivity index (χ1n) is 4.45. The lowest BCUT2D eigenvalue weighted by Crippen LogP contribution is -2.34. The van der Waals surface area contributed by atoms with Gasteiger partial charge in [-0.2, -0.15) is 0 Å². The number of hydrogen-bond acceptors (Lipinski definition) is 3. The molecule has 84 valence electrons. The molecule has 1 amide bonds. The highest BCUT2D eigenvalue weighted by molar-refractivity contribution is 6.30. The van der Waals surface area contributed by atoms with Gasteiger partial charge in [-0.25, -0.2) is 0 Å². The number of nitrogens with one attached hydrogen (secondary N) is 1. The monoisotopic (exact) mass is 238 g/mol. The van der Waals surface area contributed by atoms with Gasteiger partial charge < -0.3 is 15.2 Å². The third-order valence-electron chi connectivity index (χ3n) is 1.71. The highest BCUT2D eigenvalue weighted by Crippen LogP contribution is 2.11. The van der Waals surface area contributed by atoms with Gasteiger partial charge in [0, 0.05) is 11.9 Å². The highest BCUT2D eigenvalue weighted by atomic mass is 35.5. The van der Waals surface area contributed by atoms with Crippen molar-refractivity contribution in [2.24, 2.45) is 0 Å². The first kappa shape index (κ1) is 12.3. The average Bonchev–Trinajstić information content (AvgIpc) is 2.19. The Morgan fingerprint density at radius 2 is 1.88 bits per heavy atom. The summed E-state index contributed by atoms with van der Waals surface area (Å²) in [5, 5.41) is 13.4. The molecule has 0 bridgehead atoms. The van der Waals surface area contributed by atoms with Gasteiger partial charge in [0.1, 0.15) is 0 Å². The lowest BCUT2D eigenvalue weighted by molar-refractivity contribution is -0.299. The first-order chi connectivity index (χ1) is 7.49. The molecule has 0 aliphatic heterocycles. The normalized spacial score (nSPS) is 11.0. The maximum atomic E-state index is 10.7. The second-order valence-corrected chi connectivity index (χ2v) is 3.51. The van der Waals surface area contributed by atoms with Gasteiger partial charge in [-0.3, -0.25) is 4.79 Å². The molecule has 5 heteroatoms. The van der Waals surface area contributed by atoms with E-state index in [4.69, 9.17) is 11.6 Å². The van der Waals surface area contributed by atoms with Gasteiger partial charge in [-0.05, 0) is 23.8 Å². The maximum absolute atomic E-state index is 10.7. The second kappa shape index (κ2) is 5.32. The smallest absolute Gasteiger partial charge is 0.221 e. The van der Waals surface area contributed by atoms with Crippen molar-refractivity contribution in [3.8, 4) is 0 Å². The number of halogens is 1. The summed E-state index contributed by atoms with van der Waals surface area (Å²) in [5.74, 6) is -1.91. The van der Waals surface area contributed by atoms with Crippen LogP contribution in [0.15, 0.2) is 30.0 Å². The molecule has 0 unspecified atom stereocenters. The number of carbonyl (C=O) groups is 2. The van der Waals surface area contributed by atoms with Gasteiger partial charge in [0.25, 0.3) is 0 Å². The van der Waals surface area contributed by atoms with E-state index in [2.05, 4.69) is 5.32 Å². The Bertz CT molecular complexity index is 437. The van der Waals surface area contributed by atoms with E-state index in [0.29, 0.717) is 10.6 Å². The molecule has 0 saturated heterocycles. The number of carbonyl (C=O) groups excluding carboxylic acids is 2. The van der Waals surface area contributed by atoms with Crippen LogP contribution in [0.5, 0.6) is 0 Å². The summed E-state index contributed by atoms with van der Waals surface area (Å²) in [6, 6.07) is 6.50. The largest absolute Gasteiger partial charge is 0.543 e. The van der Waals surface area contributed by atoms with Crippen LogP contribution in [0.4, 0.5) is 0 Å². The van der Waals surface area contributed by atoms with Crippen LogP contribution < -0.4 is 10.4 Å². The predicted octanol–water partition coefficient (Wildman–Crippen LogP) is 0.567. The van der Waals surface area contributed by atoms with Gasteiger partial charge in [0.2, 0.25) is 5.91 Å². The topological polar surface area (TPSA) is 69.2 Å². The van der Waals surface area contributed by atoms with Crippen LogP contribution in [0.3, 0.4) is 0 Å². The molecule has 0 fully saturated rings. The summed E-state index contributed by atoms with van der Waals surface area (Å²) in [6.07, 6.45) is 1.30. The number of rotatable bonds is 3. The Morgan fingerprint density at radius 3 is 2.31 bits per heavy atom. The lowest BCUT2D eigenvalue weighted by atomic mass is 10.2. The van der Waals surface area contributed by atoms with E-state index < -0.39 is 11.9 Å². The molecule has 0 saturated carbocycles. The Hall–Kier alpha value is -1.81. The Kier molecular flexibility index (Phi) is 4.08. The average molecular weight is 239 g/mol. The fourth-order valence-electron chi connectivity index (χ4n) is 1.06. The van der Waals surface area contributed by atoms with Crippen molar-refractivity contribution in [1.29, 1.82) is 0 Å². The zero-order valence-corrected chi connectivity index (χ0v) is 9.25. The summed E-state index contributed by atoms with van der Waals surface area (Å²) in [6.45, 7) is 1.22. The van der Waals surface area contributed by atoms with Crippen molar-refractivity contribution in [3.63, 3.8) is 0 Å². The van der Waals surface area contributed by atoms with Crippen LogP contribution in [0.1, 0.15) is 12.5 Å². The molecule has 1 aromatic rings. The van der Waals surface area contributed by atoms with E-state index in [0.717, 1.165) is 0 Å². The van der Waals surface area contributed by atoms with E-state index in [1.807, 2.05) is 0 Å². The van der Waals surface area contributed by atoms with Crippen LogP contribution >= 0.6 is 11.6 Å². The Labute approximate surface area is 97.5 Å². The third-order valence-corrected chi connectivity index (χ3v) is 1.96. The molecular formula is C11H9ClNO3-. The molecule has 1 rings (SSSR count). The lowest BCUT2D eigenvalue weighted by Gasteiger charge is -2.08. The molecule has 0 heterocycles. The van der Waals surface area contributed by atoms with Gasteiger partial charge >= 0.3 is 0 Å². The molecule has 0 aromatic heterocycles. The Morgan fingerprint density at radius 1 is 1.31 bits per heavy atom. The molecule has 1 N–H and O–H groups in total. The van der Waals surface area contributed by atoms with Crippen LogP contribution in [0, 0.1) is 0 Å². The molecule has 4 nitrogen and oxygen atoms in total. The number of hydrogen-bond donors (Lipinski definition) is 1. The zero-order chi connectivity index (χ0) is 12.1. The summed E-state index contributed by atoms with van der Waals surface area (Å²) < 4.78 is 0. The van der Waals surface area contributed by atoms with E-state index in [9.17, 15) is 14.7 Å². The minimum absolute atomic E-state index is 0.283. The van der Waals surface area contributed by atoms with Gasteiger partial charge in [0.05, 0.1) is 11.7 Å². The quantitative estimate of drug-likeness (QED) is 0.783. The minimum Gasteiger partial charge on any atom is -0.543 e. The molecule has 0 aliphatic rings. The molecule has 0 atom stereocenters. The molecule has 0 radical (unpaired) electrons. The number of aliphatic carboxylic acids is 1. The maximum Gasteiger partial charge on any atom is 0.221 e.